The van der Waals surface area contributed by atoms with Gasteiger partial charge in [-0.1, -0.05) is 12.1 Å². The molecule has 0 fully saturated rings. The van der Waals surface area contributed by atoms with E-state index in [2.05, 4.69) is 5.32 Å². The molecule has 2 aromatic rings. The van der Waals surface area contributed by atoms with Gasteiger partial charge in [-0.15, -0.1) is 0 Å². The summed E-state index contributed by atoms with van der Waals surface area (Å²) in [5.41, 5.74) is 1.09. The normalized spacial score (nSPS) is 11.6. The summed E-state index contributed by atoms with van der Waals surface area (Å²) < 4.78 is 15.8. The third-order valence-electron chi connectivity index (χ3n) is 4.08. The quantitative estimate of drug-likeness (QED) is 0.376. The van der Waals surface area contributed by atoms with Crippen molar-refractivity contribution in [1.82, 2.24) is 0 Å². The number of nitrogens with one attached hydrogen (secondary N) is 1. The summed E-state index contributed by atoms with van der Waals surface area (Å²) >= 11 is 0. The second-order valence-electron chi connectivity index (χ2n) is 6.74. The zero-order valence-corrected chi connectivity index (χ0v) is 17.2. The number of nitro groups is 1. The predicted octanol–water partition coefficient (Wildman–Crippen LogP) is 3.71. The van der Waals surface area contributed by atoms with Crippen LogP contribution in [0.3, 0.4) is 0 Å². The molecule has 0 aliphatic rings. The molecule has 0 aliphatic heterocycles. The summed E-state index contributed by atoms with van der Waals surface area (Å²) in [7, 11) is 1.37. The highest BCUT2D eigenvalue weighted by Gasteiger charge is 2.21. The third-order valence-corrected chi connectivity index (χ3v) is 4.08. The fraction of sp³-hybridized carbons (Fsp3) is 0.333. The SMILES string of the molecule is COc1ccc([N+](=O)[O-])cc1NC(=O)[C@H](C)OC(=O)c1ccc(COC(C)C)cc1. The van der Waals surface area contributed by atoms with Gasteiger partial charge in [0.1, 0.15) is 5.75 Å². The number of nitro benzene ring substituents is 1. The summed E-state index contributed by atoms with van der Waals surface area (Å²) in [6.45, 7) is 5.70. The van der Waals surface area contributed by atoms with Crippen molar-refractivity contribution in [2.24, 2.45) is 0 Å². The van der Waals surface area contributed by atoms with Crippen molar-refractivity contribution in [2.75, 3.05) is 12.4 Å². The smallest absolute Gasteiger partial charge is 0.338 e. The van der Waals surface area contributed by atoms with Crippen LogP contribution in [-0.4, -0.2) is 36.1 Å². The Morgan fingerprint density at radius 2 is 1.77 bits per heavy atom. The highest BCUT2D eigenvalue weighted by Crippen LogP contribution is 2.29. The van der Waals surface area contributed by atoms with Gasteiger partial charge in [-0.25, -0.2) is 4.79 Å². The Kier molecular flexibility index (Phi) is 7.88. The van der Waals surface area contributed by atoms with E-state index in [1.807, 2.05) is 13.8 Å². The number of carbonyl (C=O) groups excluding carboxylic acids is 2. The molecule has 9 heteroatoms. The van der Waals surface area contributed by atoms with Gasteiger partial charge in [-0.05, 0) is 44.5 Å². The van der Waals surface area contributed by atoms with Gasteiger partial charge < -0.3 is 19.5 Å². The lowest BCUT2D eigenvalue weighted by molar-refractivity contribution is -0.384. The molecule has 0 saturated heterocycles. The van der Waals surface area contributed by atoms with Crippen molar-refractivity contribution in [1.29, 1.82) is 0 Å². The Bertz CT molecular complexity index is 910. The van der Waals surface area contributed by atoms with Crippen LogP contribution in [0, 0.1) is 10.1 Å². The summed E-state index contributed by atoms with van der Waals surface area (Å²) in [6.07, 6.45) is -1.04. The molecule has 0 aliphatic carbocycles. The van der Waals surface area contributed by atoms with Gasteiger partial charge in [-0.3, -0.25) is 14.9 Å². The minimum atomic E-state index is -1.13. The minimum absolute atomic E-state index is 0.0960. The van der Waals surface area contributed by atoms with Crippen molar-refractivity contribution in [3.8, 4) is 5.75 Å². The molecule has 9 nitrogen and oxygen atoms in total. The van der Waals surface area contributed by atoms with Gasteiger partial charge in [0.15, 0.2) is 6.10 Å². The maximum Gasteiger partial charge on any atom is 0.338 e. The molecule has 30 heavy (non-hydrogen) atoms. The maximum absolute atomic E-state index is 12.4. The molecular weight excluding hydrogens is 392 g/mol. The first-order valence-electron chi connectivity index (χ1n) is 9.26. The van der Waals surface area contributed by atoms with E-state index >= 15 is 0 Å². The number of benzene rings is 2. The molecule has 1 atom stereocenters. The highest BCUT2D eigenvalue weighted by atomic mass is 16.6. The van der Waals surface area contributed by atoms with E-state index in [-0.39, 0.29) is 28.8 Å². The lowest BCUT2D eigenvalue weighted by Crippen LogP contribution is -2.30. The van der Waals surface area contributed by atoms with E-state index in [0.717, 1.165) is 5.56 Å². The summed E-state index contributed by atoms with van der Waals surface area (Å²) in [5, 5.41) is 13.4. The maximum atomic E-state index is 12.4. The zero-order valence-electron chi connectivity index (χ0n) is 17.2. The number of hydrogen-bond donors (Lipinski definition) is 1. The van der Waals surface area contributed by atoms with E-state index < -0.39 is 22.9 Å². The second kappa shape index (κ2) is 10.4. The molecule has 1 N–H and O–H groups in total. The van der Waals surface area contributed by atoms with Crippen molar-refractivity contribution in [3.63, 3.8) is 0 Å². The van der Waals surface area contributed by atoms with E-state index in [4.69, 9.17) is 14.2 Å². The molecule has 0 bridgehead atoms. The number of carbonyl (C=O) groups is 2. The average molecular weight is 416 g/mol. The number of anilines is 1. The average Bonchev–Trinajstić information content (AvgIpc) is 2.72. The Morgan fingerprint density at radius 3 is 2.33 bits per heavy atom. The Labute approximate surface area is 174 Å². The Balaban J connectivity index is 2.01. The third kappa shape index (κ3) is 6.28. The number of rotatable bonds is 9. The summed E-state index contributed by atoms with van der Waals surface area (Å²) in [6, 6.07) is 10.5. The van der Waals surface area contributed by atoms with Crippen LogP contribution < -0.4 is 10.1 Å². The van der Waals surface area contributed by atoms with Crippen LogP contribution >= 0.6 is 0 Å². The lowest BCUT2D eigenvalue weighted by atomic mass is 10.1. The van der Waals surface area contributed by atoms with Crippen LogP contribution in [0.1, 0.15) is 36.7 Å². The van der Waals surface area contributed by atoms with Crippen LogP contribution in [0.2, 0.25) is 0 Å². The summed E-state index contributed by atoms with van der Waals surface area (Å²) in [5.74, 6) is -1.07. The summed E-state index contributed by atoms with van der Waals surface area (Å²) in [4.78, 5) is 35.1. The molecule has 0 heterocycles. The van der Waals surface area contributed by atoms with Crippen LogP contribution in [0.5, 0.6) is 5.75 Å². The van der Waals surface area contributed by atoms with Gasteiger partial charge in [0.2, 0.25) is 0 Å². The van der Waals surface area contributed by atoms with Crippen LogP contribution in [-0.2, 0) is 20.9 Å². The molecule has 0 unspecified atom stereocenters. The number of hydrogen-bond acceptors (Lipinski definition) is 7. The van der Waals surface area contributed by atoms with Crippen molar-refractivity contribution >= 4 is 23.3 Å². The number of nitrogens with zero attached hydrogens (tertiary/aromatic N) is 1. The topological polar surface area (TPSA) is 117 Å². The standard InChI is InChI=1S/C21H24N2O7/c1-13(2)29-12-15-5-7-16(8-6-15)21(25)30-14(3)20(24)22-18-11-17(23(26)27)9-10-19(18)28-4/h5-11,13-14H,12H2,1-4H3,(H,22,24)/t14-/m0/s1. The zero-order chi connectivity index (χ0) is 22.3. The number of methoxy groups -OCH3 is 1. The predicted molar refractivity (Wildman–Crippen MR) is 110 cm³/mol. The first-order chi connectivity index (χ1) is 14.2. The van der Waals surface area contributed by atoms with Crippen LogP contribution in [0.15, 0.2) is 42.5 Å². The van der Waals surface area contributed by atoms with E-state index in [1.54, 1.807) is 24.3 Å². The largest absolute Gasteiger partial charge is 0.495 e. The van der Waals surface area contributed by atoms with E-state index in [9.17, 15) is 19.7 Å². The molecule has 2 rings (SSSR count). The Morgan fingerprint density at radius 1 is 1.10 bits per heavy atom. The molecule has 0 radical (unpaired) electrons. The van der Waals surface area contributed by atoms with Crippen molar-refractivity contribution in [3.05, 3.63) is 63.7 Å². The number of amides is 1. The molecule has 2 aromatic carbocycles. The molecule has 160 valence electrons. The molecule has 0 aromatic heterocycles. The van der Waals surface area contributed by atoms with Gasteiger partial charge in [-0.2, -0.15) is 0 Å². The molecule has 0 saturated carbocycles. The van der Waals surface area contributed by atoms with E-state index in [0.29, 0.717) is 6.61 Å². The Hall–Kier alpha value is -3.46. The minimum Gasteiger partial charge on any atom is -0.495 e. The highest BCUT2D eigenvalue weighted by molar-refractivity contribution is 5.98. The van der Waals surface area contributed by atoms with Crippen LogP contribution in [0.25, 0.3) is 0 Å². The van der Waals surface area contributed by atoms with Crippen molar-refractivity contribution < 1.29 is 28.7 Å². The first kappa shape index (κ1) is 22.8. The first-order valence-corrected chi connectivity index (χ1v) is 9.26. The fourth-order valence-electron chi connectivity index (χ4n) is 2.42. The molecule has 0 spiro atoms. The second-order valence-corrected chi connectivity index (χ2v) is 6.74. The number of non-ortho nitro benzene ring substituents is 1. The van der Waals surface area contributed by atoms with Gasteiger partial charge in [0.05, 0.1) is 36.0 Å². The lowest BCUT2D eigenvalue weighted by Gasteiger charge is -2.15. The molecular formula is C21H24N2O7. The monoisotopic (exact) mass is 416 g/mol. The fourth-order valence-corrected chi connectivity index (χ4v) is 2.42. The molecule has 1 amide bonds. The van der Waals surface area contributed by atoms with E-state index in [1.165, 1.54) is 32.2 Å². The van der Waals surface area contributed by atoms with Gasteiger partial charge in [0, 0.05) is 12.1 Å². The van der Waals surface area contributed by atoms with Gasteiger partial charge >= 0.3 is 5.97 Å². The number of ether oxygens (including phenoxy) is 3. The van der Waals surface area contributed by atoms with Crippen LogP contribution in [0.4, 0.5) is 11.4 Å². The number of esters is 1. The van der Waals surface area contributed by atoms with Gasteiger partial charge in [0.25, 0.3) is 11.6 Å². The van der Waals surface area contributed by atoms with Crippen molar-refractivity contribution in [2.45, 2.75) is 39.6 Å².